The van der Waals surface area contributed by atoms with E-state index in [2.05, 4.69) is 14.3 Å². The number of Topliss-reactive ketones (excluding diaryl/α,β-unsaturated/α-hetero) is 1. The number of carbonyl (C=O) groups excluding carboxylic acids is 2. The van der Waals surface area contributed by atoms with Gasteiger partial charge >= 0.3 is 15.6 Å². The maximum absolute atomic E-state index is 13.7. The number of piperidine rings is 1. The molecule has 45 heavy (non-hydrogen) atoms. The molecule has 2 aliphatic heterocycles. The molecule has 2 aromatic heterocycles. The van der Waals surface area contributed by atoms with E-state index in [1.54, 1.807) is 35.1 Å². The van der Waals surface area contributed by atoms with Crippen LogP contribution in [0.2, 0.25) is 0 Å². The summed E-state index contributed by atoms with van der Waals surface area (Å²) >= 11 is 0. The number of halogens is 3. The van der Waals surface area contributed by atoms with Crippen molar-refractivity contribution in [2.24, 2.45) is 7.05 Å². The lowest BCUT2D eigenvalue weighted by molar-refractivity contribution is -0.0499. The van der Waals surface area contributed by atoms with Gasteiger partial charge in [-0.25, -0.2) is 4.98 Å². The van der Waals surface area contributed by atoms with Crippen molar-refractivity contribution in [3.8, 4) is 22.6 Å². The number of ketones is 1. The van der Waals surface area contributed by atoms with Gasteiger partial charge in [-0.05, 0) is 48.1 Å². The van der Waals surface area contributed by atoms with Gasteiger partial charge in [0.2, 0.25) is 0 Å². The molecule has 0 bridgehead atoms. The van der Waals surface area contributed by atoms with Gasteiger partial charge in [0.05, 0.1) is 23.7 Å². The monoisotopic (exact) mass is 640 g/mol. The number of para-hydroxylation sites is 1. The average molecular weight is 641 g/mol. The lowest BCUT2D eigenvalue weighted by Crippen LogP contribution is -2.52. The fourth-order valence-corrected chi connectivity index (χ4v) is 6.58. The molecule has 10 nitrogen and oxygen atoms in total. The Balaban J connectivity index is 1.14. The van der Waals surface area contributed by atoms with Crippen molar-refractivity contribution in [2.75, 3.05) is 13.1 Å². The molecular formula is C31H27F3N4O6S. The molecule has 4 heterocycles. The van der Waals surface area contributed by atoms with E-state index in [-0.39, 0.29) is 47.8 Å². The van der Waals surface area contributed by atoms with Gasteiger partial charge < -0.3 is 13.8 Å². The topological polar surface area (TPSA) is 121 Å². The molecule has 1 saturated carbocycles. The Morgan fingerprint density at radius 1 is 1.09 bits per heavy atom. The summed E-state index contributed by atoms with van der Waals surface area (Å²) in [5, 5.41) is 4.25. The molecule has 14 heteroatoms. The number of likely N-dealkylation sites (tertiary alicyclic amines) is 1. The number of nitrogens with zero attached hydrogens (tertiary/aromatic N) is 4. The Morgan fingerprint density at radius 2 is 1.84 bits per heavy atom. The van der Waals surface area contributed by atoms with Crippen LogP contribution in [-0.2, 0) is 17.2 Å². The molecule has 4 aromatic rings. The minimum Gasteiger partial charge on any atom is -0.486 e. The van der Waals surface area contributed by atoms with Crippen molar-refractivity contribution in [1.82, 2.24) is 19.7 Å². The first-order chi connectivity index (χ1) is 21.3. The molecule has 1 aliphatic carbocycles. The third kappa shape index (κ3) is 5.30. The lowest BCUT2D eigenvalue weighted by atomic mass is 9.82. The molecular weight excluding hydrogens is 613 g/mol. The summed E-state index contributed by atoms with van der Waals surface area (Å²) < 4.78 is 76.2. The molecule has 2 aromatic carbocycles. The van der Waals surface area contributed by atoms with Gasteiger partial charge in [0, 0.05) is 56.2 Å². The molecule has 0 N–H and O–H groups in total. The number of carbonyl (C=O) groups is 2. The molecule has 0 radical (unpaired) electrons. The fraction of sp³-hybridized carbons (Fsp3) is 0.355. The maximum Gasteiger partial charge on any atom is 0.534 e. The average Bonchev–Trinajstić information content (AvgIpc) is 3.75. The smallest absolute Gasteiger partial charge is 0.486 e. The van der Waals surface area contributed by atoms with Gasteiger partial charge in [-0.15, -0.1) is 0 Å². The molecule has 0 atom stereocenters. The van der Waals surface area contributed by atoms with Gasteiger partial charge in [-0.2, -0.15) is 26.7 Å². The van der Waals surface area contributed by atoms with Crippen LogP contribution in [0.25, 0.3) is 22.0 Å². The van der Waals surface area contributed by atoms with Crippen LogP contribution in [-0.4, -0.2) is 64.0 Å². The predicted molar refractivity (Wildman–Crippen MR) is 155 cm³/mol. The molecule has 2 fully saturated rings. The van der Waals surface area contributed by atoms with Crippen LogP contribution in [0.4, 0.5) is 13.2 Å². The molecule has 7 rings (SSSR count). The Bertz CT molecular complexity index is 1980. The second-order valence-electron chi connectivity index (χ2n) is 11.8. The molecule has 1 amide bonds. The first-order valence-electron chi connectivity index (χ1n) is 14.4. The number of ether oxygens (including phenoxy) is 1. The number of hydrogen-bond acceptors (Lipinski definition) is 8. The highest BCUT2D eigenvalue weighted by atomic mass is 32.2. The van der Waals surface area contributed by atoms with E-state index in [9.17, 15) is 31.2 Å². The zero-order valence-electron chi connectivity index (χ0n) is 24.0. The van der Waals surface area contributed by atoms with Crippen LogP contribution in [0.5, 0.6) is 11.5 Å². The van der Waals surface area contributed by atoms with Crippen molar-refractivity contribution < 1.29 is 40.1 Å². The van der Waals surface area contributed by atoms with E-state index < -0.39 is 32.9 Å². The van der Waals surface area contributed by atoms with Gasteiger partial charge in [-0.1, -0.05) is 18.2 Å². The number of rotatable bonds is 5. The Hall–Kier alpha value is -4.46. The van der Waals surface area contributed by atoms with Crippen molar-refractivity contribution in [1.29, 1.82) is 0 Å². The van der Waals surface area contributed by atoms with E-state index in [0.717, 1.165) is 30.0 Å². The van der Waals surface area contributed by atoms with Crippen molar-refractivity contribution >= 4 is 32.7 Å². The number of benzene rings is 2. The molecule has 1 spiro atoms. The van der Waals surface area contributed by atoms with Gasteiger partial charge in [0.25, 0.3) is 5.91 Å². The van der Waals surface area contributed by atoms with E-state index in [0.29, 0.717) is 29.7 Å². The first-order valence-corrected chi connectivity index (χ1v) is 15.8. The summed E-state index contributed by atoms with van der Waals surface area (Å²) in [6.07, 6.45) is 6.05. The largest absolute Gasteiger partial charge is 0.534 e. The highest BCUT2D eigenvalue weighted by Crippen LogP contribution is 2.45. The minimum absolute atomic E-state index is 0.0702. The van der Waals surface area contributed by atoms with Crippen molar-refractivity contribution in [2.45, 2.75) is 49.1 Å². The number of hydrogen-bond donors (Lipinski definition) is 0. The third-order valence-corrected chi connectivity index (χ3v) is 9.61. The van der Waals surface area contributed by atoms with Crippen LogP contribution in [0, 0.1) is 0 Å². The molecule has 3 aliphatic rings. The number of fused-ring (bicyclic) bond motifs is 2. The first kappa shape index (κ1) is 29.3. The highest BCUT2D eigenvalue weighted by Gasteiger charge is 2.49. The SMILES string of the molecule is Cn1cc(-c2ccc3c(c2)C(=O)CC2(CCN(C(=O)c4cc(OS(=O)(=O)C(F)(F)F)c5cccc(C6CC6)c5n4)CC2)O3)cn1. The quantitative estimate of drug-likeness (QED) is 0.211. The normalized spacial score (nSPS) is 18.1. The molecule has 0 unspecified atom stereocenters. The Labute approximate surface area is 255 Å². The van der Waals surface area contributed by atoms with Crippen LogP contribution in [0.1, 0.15) is 64.4 Å². The summed E-state index contributed by atoms with van der Waals surface area (Å²) in [4.78, 5) is 33.0. The highest BCUT2D eigenvalue weighted by molar-refractivity contribution is 7.88. The maximum atomic E-state index is 13.7. The van der Waals surface area contributed by atoms with Gasteiger partial charge in [0.1, 0.15) is 17.0 Å². The molecule has 234 valence electrons. The van der Waals surface area contributed by atoms with E-state index in [1.165, 1.54) is 11.0 Å². The van der Waals surface area contributed by atoms with Gasteiger partial charge in [-0.3, -0.25) is 14.3 Å². The lowest BCUT2D eigenvalue weighted by Gasteiger charge is -2.44. The molecule has 1 saturated heterocycles. The van der Waals surface area contributed by atoms with E-state index in [4.69, 9.17) is 4.74 Å². The number of aromatic nitrogens is 3. The Kier molecular flexibility index (Phi) is 6.69. The standard InChI is InChI=1S/C31H27F3N4O6S/c1-37-17-20(16-35-37)19-7-8-26-23(13-19)25(39)15-30(43-26)9-11-38(12-10-30)29(40)24-14-27(44-45(41,42)31(32,33)34)22-4-2-3-21(18-5-6-18)28(22)36-24/h2-4,7-8,13-14,16-18H,5-6,9-12,15H2,1H3. The summed E-state index contributed by atoms with van der Waals surface area (Å²) in [6.45, 7) is 0.381. The van der Waals surface area contributed by atoms with Crippen LogP contribution in [0.3, 0.4) is 0 Å². The van der Waals surface area contributed by atoms with Gasteiger partial charge in [0.15, 0.2) is 11.5 Å². The number of pyridine rings is 1. The minimum atomic E-state index is -6.00. The van der Waals surface area contributed by atoms with E-state index in [1.807, 2.05) is 19.3 Å². The third-order valence-electron chi connectivity index (χ3n) is 8.64. The predicted octanol–water partition coefficient (Wildman–Crippen LogP) is 5.38. The number of alkyl halides is 3. The van der Waals surface area contributed by atoms with Crippen LogP contribution >= 0.6 is 0 Å². The van der Waals surface area contributed by atoms with Crippen LogP contribution in [0.15, 0.2) is 54.9 Å². The summed E-state index contributed by atoms with van der Waals surface area (Å²) in [6, 6.07) is 11.2. The zero-order valence-corrected chi connectivity index (χ0v) is 24.8. The summed E-state index contributed by atoms with van der Waals surface area (Å²) in [7, 11) is -4.19. The van der Waals surface area contributed by atoms with Crippen LogP contribution < -0.4 is 8.92 Å². The second kappa shape index (κ2) is 10.3. The van der Waals surface area contributed by atoms with Crippen molar-refractivity contribution in [3.05, 3.63) is 71.7 Å². The second-order valence-corrected chi connectivity index (χ2v) is 13.3. The summed E-state index contributed by atoms with van der Waals surface area (Å²) in [5.41, 5.74) is -3.56. The summed E-state index contributed by atoms with van der Waals surface area (Å²) in [5.74, 6) is -0.693. The zero-order chi connectivity index (χ0) is 31.7. The number of aryl methyl sites for hydroxylation is 1. The fourth-order valence-electron chi connectivity index (χ4n) is 6.11. The van der Waals surface area contributed by atoms with Crippen molar-refractivity contribution in [3.63, 3.8) is 0 Å². The van der Waals surface area contributed by atoms with E-state index >= 15 is 0 Å². The Morgan fingerprint density at radius 3 is 2.51 bits per heavy atom. The number of amides is 1.